The number of thioether (sulfide) groups is 1. The van der Waals surface area contributed by atoms with E-state index >= 15 is 0 Å². The second-order valence-electron chi connectivity index (χ2n) is 3.40. The van der Waals surface area contributed by atoms with Crippen molar-refractivity contribution in [3.8, 4) is 5.75 Å². The van der Waals surface area contributed by atoms with Crippen LogP contribution in [0.3, 0.4) is 0 Å². The summed E-state index contributed by atoms with van der Waals surface area (Å²) in [5.41, 5.74) is 4.56. The highest BCUT2D eigenvalue weighted by molar-refractivity contribution is 7.97. The maximum atomic E-state index is 9.73. The van der Waals surface area contributed by atoms with Crippen molar-refractivity contribution in [2.75, 3.05) is 6.26 Å². The summed E-state index contributed by atoms with van der Waals surface area (Å²) >= 11 is 1.79. The molecule has 0 aliphatic heterocycles. The van der Waals surface area contributed by atoms with Gasteiger partial charge in [0.15, 0.2) is 0 Å². The van der Waals surface area contributed by atoms with Crippen LogP contribution in [-0.2, 0) is 5.75 Å². The number of phenolic OH excluding ortho intramolecular Hbond substituents is 1. The summed E-state index contributed by atoms with van der Waals surface area (Å²) in [7, 11) is 0. The summed E-state index contributed by atoms with van der Waals surface area (Å²) in [5.74, 6) is 1.43. The second kappa shape index (κ2) is 4.05. The zero-order chi connectivity index (χ0) is 10.0. The first-order valence-electron chi connectivity index (χ1n) is 4.35. The van der Waals surface area contributed by atoms with Crippen molar-refractivity contribution in [1.29, 1.82) is 0 Å². The number of rotatable bonds is 2. The Labute approximate surface area is 84.2 Å². The molecule has 1 aromatic carbocycles. The number of aromatic hydroxyl groups is 1. The largest absolute Gasteiger partial charge is 0.507 e. The van der Waals surface area contributed by atoms with Gasteiger partial charge in [-0.15, -0.1) is 0 Å². The second-order valence-corrected chi connectivity index (χ2v) is 4.26. The molecule has 0 spiro atoms. The number of hydrogen-bond donors (Lipinski definition) is 1. The van der Waals surface area contributed by atoms with Crippen molar-refractivity contribution in [2.45, 2.75) is 26.5 Å². The van der Waals surface area contributed by atoms with Crippen LogP contribution in [0.2, 0.25) is 0 Å². The standard InChI is InChI=1S/C11H16OS/c1-7-5-8(2)11(12)9(3)10(7)6-13-4/h5,12H,6H2,1-4H3. The number of aryl methyl sites for hydroxylation is 2. The van der Waals surface area contributed by atoms with Gasteiger partial charge in [0.25, 0.3) is 0 Å². The van der Waals surface area contributed by atoms with Crippen LogP contribution in [0.1, 0.15) is 22.3 Å². The fraction of sp³-hybridized carbons (Fsp3) is 0.455. The molecule has 0 heterocycles. The normalized spacial score (nSPS) is 10.5. The average Bonchev–Trinajstić information content (AvgIpc) is 2.09. The van der Waals surface area contributed by atoms with Gasteiger partial charge in [-0.25, -0.2) is 0 Å². The van der Waals surface area contributed by atoms with Gasteiger partial charge in [0, 0.05) is 5.75 Å². The molecule has 13 heavy (non-hydrogen) atoms. The highest BCUT2D eigenvalue weighted by atomic mass is 32.2. The predicted octanol–water partition coefficient (Wildman–Crippen LogP) is 3.18. The average molecular weight is 196 g/mol. The minimum absolute atomic E-state index is 0.453. The van der Waals surface area contributed by atoms with Crippen molar-refractivity contribution >= 4 is 11.8 Å². The molecule has 1 aromatic rings. The van der Waals surface area contributed by atoms with Crippen molar-refractivity contribution in [3.63, 3.8) is 0 Å². The predicted molar refractivity (Wildman–Crippen MR) is 59.5 cm³/mol. The third-order valence-electron chi connectivity index (χ3n) is 2.38. The lowest BCUT2D eigenvalue weighted by atomic mass is 10.00. The Hall–Kier alpha value is -0.630. The summed E-state index contributed by atoms with van der Waals surface area (Å²) in [5, 5.41) is 9.73. The van der Waals surface area contributed by atoms with E-state index in [1.165, 1.54) is 11.1 Å². The molecule has 1 nitrogen and oxygen atoms in total. The van der Waals surface area contributed by atoms with Crippen molar-refractivity contribution < 1.29 is 5.11 Å². The van der Waals surface area contributed by atoms with E-state index in [1.807, 2.05) is 19.9 Å². The first-order valence-corrected chi connectivity index (χ1v) is 5.75. The molecule has 72 valence electrons. The third kappa shape index (κ3) is 1.99. The Morgan fingerprint density at radius 2 is 1.85 bits per heavy atom. The van der Waals surface area contributed by atoms with E-state index in [4.69, 9.17) is 0 Å². The SMILES string of the molecule is CSCc1c(C)cc(C)c(O)c1C. The molecule has 0 amide bonds. The lowest BCUT2D eigenvalue weighted by Gasteiger charge is -2.12. The van der Waals surface area contributed by atoms with Gasteiger partial charge in [-0.3, -0.25) is 0 Å². The lowest BCUT2D eigenvalue weighted by Crippen LogP contribution is -1.93. The van der Waals surface area contributed by atoms with Gasteiger partial charge in [-0.1, -0.05) is 6.07 Å². The number of phenols is 1. The Balaban J connectivity index is 3.26. The topological polar surface area (TPSA) is 20.2 Å². The van der Waals surface area contributed by atoms with Crippen LogP contribution in [0, 0.1) is 20.8 Å². The lowest BCUT2D eigenvalue weighted by molar-refractivity contribution is 0.466. The molecule has 0 fully saturated rings. The fourth-order valence-corrected chi connectivity index (χ4v) is 2.31. The van der Waals surface area contributed by atoms with Crippen LogP contribution >= 0.6 is 11.8 Å². The molecular weight excluding hydrogens is 180 g/mol. The zero-order valence-corrected chi connectivity index (χ0v) is 9.46. The van der Waals surface area contributed by atoms with E-state index in [-0.39, 0.29) is 0 Å². The van der Waals surface area contributed by atoms with Gasteiger partial charge in [0.1, 0.15) is 5.75 Å². The summed E-state index contributed by atoms with van der Waals surface area (Å²) in [6.07, 6.45) is 2.08. The molecule has 0 atom stereocenters. The quantitative estimate of drug-likeness (QED) is 0.784. The van der Waals surface area contributed by atoms with E-state index in [9.17, 15) is 5.11 Å². The molecule has 0 bridgehead atoms. The third-order valence-corrected chi connectivity index (χ3v) is 2.96. The summed E-state index contributed by atoms with van der Waals surface area (Å²) in [6.45, 7) is 6.03. The molecule has 0 aliphatic carbocycles. The van der Waals surface area contributed by atoms with E-state index < -0.39 is 0 Å². The number of benzene rings is 1. The fourth-order valence-electron chi connectivity index (χ4n) is 1.58. The van der Waals surface area contributed by atoms with E-state index in [0.717, 1.165) is 16.9 Å². The summed E-state index contributed by atoms with van der Waals surface area (Å²) in [4.78, 5) is 0. The van der Waals surface area contributed by atoms with Crippen LogP contribution in [0.5, 0.6) is 5.75 Å². The van der Waals surface area contributed by atoms with Gasteiger partial charge in [-0.2, -0.15) is 11.8 Å². The van der Waals surface area contributed by atoms with E-state index in [2.05, 4.69) is 13.2 Å². The molecule has 1 N–H and O–H groups in total. The Bertz CT molecular complexity index is 318. The first-order chi connectivity index (χ1) is 6.07. The summed E-state index contributed by atoms with van der Waals surface area (Å²) < 4.78 is 0. The van der Waals surface area contributed by atoms with Gasteiger partial charge < -0.3 is 5.11 Å². The number of hydrogen-bond acceptors (Lipinski definition) is 2. The molecule has 0 aromatic heterocycles. The van der Waals surface area contributed by atoms with Gasteiger partial charge in [-0.05, 0) is 49.3 Å². The van der Waals surface area contributed by atoms with Gasteiger partial charge in [0.2, 0.25) is 0 Å². The molecule has 1 rings (SSSR count). The smallest absolute Gasteiger partial charge is 0.121 e. The molecule has 0 radical (unpaired) electrons. The van der Waals surface area contributed by atoms with Crippen molar-refractivity contribution in [2.24, 2.45) is 0 Å². The summed E-state index contributed by atoms with van der Waals surface area (Å²) in [6, 6.07) is 2.05. The Morgan fingerprint density at radius 1 is 1.23 bits per heavy atom. The monoisotopic (exact) mass is 196 g/mol. The minimum Gasteiger partial charge on any atom is -0.507 e. The molecule has 0 saturated heterocycles. The van der Waals surface area contributed by atoms with E-state index in [1.54, 1.807) is 11.8 Å². The van der Waals surface area contributed by atoms with Crippen LogP contribution < -0.4 is 0 Å². The van der Waals surface area contributed by atoms with Crippen LogP contribution in [-0.4, -0.2) is 11.4 Å². The first kappa shape index (κ1) is 10.5. The molecule has 0 aliphatic rings. The van der Waals surface area contributed by atoms with Gasteiger partial charge in [0.05, 0.1) is 0 Å². The highest BCUT2D eigenvalue weighted by Crippen LogP contribution is 2.29. The van der Waals surface area contributed by atoms with Crippen LogP contribution in [0.4, 0.5) is 0 Å². The minimum atomic E-state index is 0.453. The van der Waals surface area contributed by atoms with Crippen LogP contribution in [0.25, 0.3) is 0 Å². The van der Waals surface area contributed by atoms with Gasteiger partial charge >= 0.3 is 0 Å². The molecule has 0 unspecified atom stereocenters. The van der Waals surface area contributed by atoms with Crippen molar-refractivity contribution in [1.82, 2.24) is 0 Å². The molecule has 2 heteroatoms. The molecule has 0 saturated carbocycles. The van der Waals surface area contributed by atoms with Crippen molar-refractivity contribution in [3.05, 3.63) is 28.3 Å². The zero-order valence-electron chi connectivity index (χ0n) is 8.64. The Morgan fingerprint density at radius 3 is 2.38 bits per heavy atom. The maximum absolute atomic E-state index is 9.73. The van der Waals surface area contributed by atoms with Crippen LogP contribution in [0.15, 0.2) is 6.07 Å². The Kier molecular flexibility index (Phi) is 3.26. The maximum Gasteiger partial charge on any atom is 0.121 e. The highest BCUT2D eigenvalue weighted by Gasteiger charge is 2.08. The molecular formula is C11H16OS. The van der Waals surface area contributed by atoms with E-state index in [0.29, 0.717) is 5.75 Å².